The van der Waals surface area contributed by atoms with Crippen LogP contribution in [0.4, 0.5) is 0 Å². The molecule has 1 fully saturated rings. The summed E-state index contributed by atoms with van der Waals surface area (Å²) in [6.45, 7) is 0.627. The number of aliphatic hydroxyl groups is 3. The van der Waals surface area contributed by atoms with Crippen molar-refractivity contribution in [3.05, 3.63) is 40.6 Å². The molecule has 36 heavy (non-hydrogen) atoms. The molecule has 0 amide bonds. The predicted molar refractivity (Wildman–Crippen MR) is 119 cm³/mol. The van der Waals surface area contributed by atoms with Gasteiger partial charge in [0.15, 0.2) is 17.3 Å². The van der Waals surface area contributed by atoms with Crippen molar-refractivity contribution in [1.82, 2.24) is 0 Å². The van der Waals surface area contributed by atoms with Gasteiger partial charge in [0.25, 0.3) is 0 Å². The molecule has 0 spiro atoms. The van der Waals surface area contributed by atoms with Gasteiger partial charge in [-0.25, -0.2) is 0 Å². The Balaban J connectivity index is 1.74. The van der Waals surface area contributed by atoms with Crippen molar-refractivity contribution in [3.63, 3.8) is 0 Å². The van der Waals surface area contributed by atoms with Crippen LogP contribution in [0.25, 0.3) is 22.3 Å². The molecule has 0 saturated carbocycles. The van der Waals surface area contributed by atoms with E-state index in [-0.39, 0.29) is 22.7 Å². The SMILES string of the molecule is CC(=O)OC[C@H]1O[C@@H](Oc2cc3oc(-c4ccc(O)cc4)c(O)c(=O)c3c(O)c2O)[C@H](O)[C@@H](O)[C@@H]1O. The highest BCUT2D eigenvalue weighted by molar-refractivity contribution is 5.91. The Labute approximate surface area is 201 Å². The van der Waals surface area contributed by atoms with E-state index in [1.54, 1.807) is 0 Å². The zero-order chi connectivity index (χ0) is 26.3. The maximum absolute atomic E-state index is 12.7. The molecule has 0 unspecified atom stereocenters. The van der Waals surface area contributed by atoms with Crippen molar-refractivity contribution >= 4 is 16.9 Å². The van der Waals surface area contributed by atoms with E-state index in [4.69, 9.17) is 18.6 Å². The lowest BCUT2D eigenvalue weighted by molar-refractivity contribution is -0.278. The van der Waals surface area contributed by atoms with Crippen LogP contribution >= 0.6 is 0 Å². The van der Waals surface area contributed by atoms with Gasteiger partial charge in [-0.15, -0.1) is 0 Å². The van der Waals surface area contributed by atoms with E-state index in [0.717, 1.165) is 13.0 Å². The average molecular weight is 506 g/mol. The summed E-state index contributed by atoms with van der Waals surface area (Å²) < 4.78 is 21.2. The third kappa shape index (κ3) is 4.47. The van der Waals surface area contributed by atoms with Gasteiger partial charge in [-0.05, 0) is 24.3 Å². The van der Waals surface area contributed by atoms with Gasteiger partial charge in [-0.3, -0.25) is 9.59 Å². The molecule has 7 N–H and O–H groups in total. The molecule has 2 aromatic carbocycles. The molecule has 5 atom stereocenters. The molecule has 0 bridgehead atoms. The number of benzene rings is 2. The number of ether oxygens (including phenoxy) is 3. The molecule has 4 rings (SSSR count). The van der Waals surface area contributed by atoms with Gasteiger partial charge in [0, 0.05) is 18.6 Å². The van der Waals surface area contributed by atoms with Crippen LogP contribution in [0, 0.1) is 0 Å². The zero-order valence-electron chi connectivity index (χ0n) is 18.6. The molecule has 13 heteroatoms. The lowest BCUT2D eigenvalue weighted by Crippen LogP contribution is -2.60. The fraction of sp³-hybridized carbons (Fsp3) is 0.304. The number of hydrogen-bond donors (Lipinski definition) is 7. The number of carbonyl (C=O) groups is 1. The van der Waals surface area contributed by atoms with Gasteiger partial charge in [0.1, 0.15) is 47.7 Å². The Morgan fingerprint density at radius 2 is 1.61 bits per heavy atom. The largest absolute Gasteiger partial charge is 0.508 e. The van der Waals surface area contributed by atoms with E-state index in [2.05, 4.69) is 0 Å². The van der Waals surface area contributed by atoms with Crippen molar-refractivity contribution in [2.24, 2.45) is 0 Å². The number of aromatic hydroxyl groups is 4. The summed E-state index contributed by atoms with van der Waals surface area (Å²) in [5.41, 5.74) is -1.21. The Morgan fingerprint density at radius 3 is 2.25 bits per heavy atom. The van der Waals surface area contributed by atoms with Gasteiger partial charge in [-0.1, -0.05) is 0 Å². The number of fused-ring (bicyclic) bond motifs is 1. The maximum atomic E-state index is 12.7. The van der Waals surface area contributed by atoms with Gasteiger partial charge in [-0.2, -0.15) is 0 Å². The molecule has 192 valence electrons. The summed E-state index contributed by atoms with van der Waals surface area (Å²) in [5, 5.41) is 70.6. The molecule has 13 nitrogen and oxygen atoms in total. The lowest BCUT2D eigenvalue weighted by Gasteiger charge is -2.39. The van der Waals surface area contributed by atoms with Crippen LogP contribution < -0.4 is 10.2 Å². The second-order valence-corrected chi connectivity index (χ2v) is 8.04. The number of rotatable bonds is 5. The maximum Gasteiger partial charge on any atom is 0.302 e. The highest BCUT2D eigenvalue weighted by Crippen LogP contribution is 2.44. The lowest BCUT2D eigenvalue weighted by atomic mass is 9.99. The molecular formula is C23H22O13. The molecule has 0 aliphatic carbocycles. The van der Waals surface area contributed by atoms with E-state index in [9.17, 15) is 45.3 Å². The van der Waals surface area contributed by atoms with E-state index in [1.165, 1.54) is 24.3 Å². The van der Waals surface area contributed by atoms with Crippen LogP contribution in [-0.4, -0.2) is 79.0 Å². The first-order chi connectivity index (χ1) is 17.0. The number of aliphatic hydroxyl groups excluding tert-OH is 3. The number of carbonyl (C=O) groups excluding carboxylic acids is 1. The minimum absolute atomic E-state index is 0.0787. The van der Waals surface area contributed by atoms with Crippen LogP contribution in [0.15, 0.2) is 39.5 Å². The van der Waals surface area contributed by atoms with Crippen LogP contribution in [0.2, 0.25) is 0 Å². The van der Waals surface area contributed by atoms with Crippen LogP contribution in [0.3, 0.4) is 0 Å². The Morgan fingerprint density at radius 1 is 0.944 bits per heavy atom. The predicted octanol–water partition coefficient (Wildman–Crippen LogP) is 0.0319. The van der Waals surface area contributed by atoms with Gasteiger partial charge >= 0.3 is 5.97 Å². The summed E-state index contributed by atoms with van der Waals surface area (Å²) in [6.07, 6.45) is -8.33. The van der Waals surface area contributed by atoms with E-state index >= 15 is 0 Å². The topological polar surface area (TPSA) is 217 Å². The summed E-state index contributed by atoms with van der Waals surface area (Å²) in [7, 11) is 0. The minimum atomic E-state index is -1.84. The third-order valence-electron chi connectivity index (χ3n) is 5.56. The summed E-state index contributed by atoms with van der Waals surface area (Å²) in [4.78, 5) is 23.8. The standard InChI is InChI=1S/C23H22O13/c1-8(24)33-7-13-16(27)19(30)21(32)23(36-13)35-12-6-11-14(17(28)15(12)26)18(29)20(31)22(34-11)9-2-4-10(25)5-3-9/h2-6,13,16,19,21,23,25-28,30-32H,7H2,1H3/t13-,16-,19+,21-,23-/m1/s1. The van der Waals surface area contributed by atoms with E-state index in [0.29, 0.717) is 0 Å². The molecular weight excluding hydrogens is 484 g/mol. The monoisotopic (exact) mass is 506 g/mol. The highest BCUT2D eigenvalue weighted by atomic mass is 16.7. The highest BCUT2D eigenvalue weighted by Gasteiger charge is 2.45. The fourth-order valence-electron chi connectivity index (χ4n) is 3.67. The van der Waals surface area contributed by atoms with Crippen molar-refractivity contribution in [1.29, 1.82) is 0 Å². The van der Waals surface area contributed by atoms with Crippen molar-refractivity contribution in [2.75, 3.05) is 6.61 Å². The first kappa shape index (κ1) is 25.1. The van der Waals surface area contributed by atoms with Crippen molar-refractivity contribution < 1.29 is 59.2 Å². The Bertz CT molecular complexity index is 1350. The molecule has 1 aliphatic rings. The second kappa shape index (κ2) is 9.54. The van der Waals surface area contributed by atoms with E-state index in [1.807, 2.05) is 0 Å². The second-order valence-electron chi connectivity index (χ2n) is 8.04. The number of hydrogen-bond acceptors (Lipinski definition) is 13. The number of phenolic OH excluding ortho intramolecular Hbond substituents is 3. The summed E-state index contributed by atoms with van der Waals surface area (Å²) >= 11 is 0. The third-order valence-corrected chi connectivity index (χ3v) is 5.56. The van der Waals surface area contributed by atoms with Gasteiger partial charge in [0.2, 0.25) is 23.2 Å². The zero-order valence-corrected chi connectivity index (χ0v) is 18.6. The molecule has 1 saturated heterocycles. The van der Waals surface area contributed by atoms with Gasteiger partial charge in [0.05, 0.1) is 0 Å². The molecule has 1 aromatic heterocycles. The summed E-state index contributed by atoms with van der Waals surface area (Å²) in [6, 6.07) is 6.27. The quantitative estimate of drug-likeness (QED) is 0.180. The molecule has 2 heterocycles. The van der Waals surface area contributed by atoms with Crippen LogP contribution in [-0.2, 0) is 14.3 Å². The normalized spacial score (nSPS) is 23.9. The molecule has 1 aliphatic heterocycles. The first-order valence-corrected chi connectivity index (χ1v) is 10.5. The average Bonchev–Trinajstić information content (AvgIpc) is 2.84. The van der Waals surface area contributed by atoms with Crippen molar-refractivity contribution in [3.8, 4) is 40.1 Å². The molecule has 0 radical (unpaired) electrons. The van der Waals surface area contributed by atoms with Crippen LogP contribution in [0.1, 0.15) is 6.92 Å². The Hall–Kier alpha value is -4.04. The molecule has 3 aromatic rings. The van der Waals surface area contributed by atoms with Gasteiger partial charge < -0.3 is 54.4 Å². The van der Waals surface area contributed by atoms with Crippen LogP contribution in [0.5, 0.6) is 28.7 Å². The summed E-state index contributed by atoms with van der Waals surface area (Å²) in [5.74, 6) is -4.48. The number of phenols is 3. The minimum Gasteiger partial charge on any atom is -0.508 e. The van der Waals surface area contributed by atoms with E-state index < -0.39 is 77.1 Å². The smallest absolute Gasteiger partial charge is 0.302 e. The first-order valence-electron chi connectivity index (χ1n) is 10.5. The number of esters is 1. The fourth-order valence-corrected chi connectivity index (χ4v) is 3.67. The van der Waals surface area contributed by atoms with Crippen molar-refractivity contribution in [2.45, 2.75) is 37.6 Å². The Kier molecular flexibility index (Phi) is 6.65.